The van der Waals surface area contributed by atoms with Crippen LogP contribution in [0.25, 0.3) is 0 Å². The molecule has 2 N–H and O–H groups in total. The first kappa shape index (κ1) is 20.2. The lowest BCUT2D eigenvalue weighted by atomic mass is 10.2. The minimum Gasteiger partial charge on any atom is -0.495 e. The lowest BCUT2D eigenvalue weighted by Gasteiger charge is -2.22. The number of pyridine rings is 1. The van der Waals surface area contributed by atoms with Gasteiger partial charge < -0.3 is 20.3 Å². The molecule has 0 radical (unpaired) electrons. The number of rotatable bonds is 8. The van der Waals surface area contributed by atoms with E-state index in [1.807, 2.05) is 45.0 Å². The minimum atomic E-state index is -0.262. The van der Waals surface area contributed by atoms with Crippen molar-refractivity contribution in [3.05, 3.63) is 48.2 Å². The number of aromatic nitrogens is 1. The number of likely N-dealkylation sites (N-methyl/N-ethyl adjacent to an activating group) is 1. The van der Waals surface area contributed by atoms with Crippen molar-refractivity contribution in [1.82, 2.24) is 15.2 Å². The number of para-hydroxylation sites is 2. The van der Waals surface area contributed by atoms with Gasteiger partial charge in [-0.05, 0) is 45.0 Å². The number of anilines is 2. The van der Waals surface area contributed by atoms with Crippen LogP contribution >= 0.6 is 0 Å². The van der Waals surface area contributed by atoms with E-state index in [-0.39, 0.29) is 24.4 Å². The van der Waals surface area contributed by atoms with Crippen LogP contribution in [-0.2, 0) is 4.79 Å². The third kappa shape index (κ3) is 5.44. The molecule has 7 heteroatoms. The molecule has 1 heterocycles. The van der Waals surface area contributed by atoms with Crippen molar-refractivity contribution in [2.75, 3.05) is 25.5 Å². The van der Waals surface area contributed by atoms with Crippen LogP contribution in [0.4, 0.5) is 11.5 Å². The molecule has 0 aliphatic heterocycles. The molecule has 0 spiro atoms. The molecule has 0 aliphatic rings. The normalized spacial score (nSPS) is 10.4. The lowest BCUT2D eigenvalue weighted by Crippen LogP contribution is -2.42. The molecule has 0 saturated carbocycles. The first-order valence-corrected chi connectivity index (χ1v) is 8.90. The maximum Gasteiger partial charge on any atom is 0.258 e. The average molecular weight is 370 g/mol. The van der Waals surface area contributed by atoms with Gasteiger partial charge in [0.15, 0.2) is 0 Å². The monoisotopic (exact) mass is 370 g/mol. The van der Waals surface area contributed by atoms with Gasteiger partial charge in [-0.3, -0.25) is 9.59 Å². The van der Waals surface area contributed by atoms with E-state index in [2.05, 4.69) is 15.6 Å². The summed E-state index contributed by atoms with van der Waals surface area (Å²) in [5, 5.41) is 5.96. The highest BCUT2D eigenvalue weighted by molar-refractivity contribution is 6.01. The molecule has 0 bridgehead atoms. The number of benzene rings is 1. The third-order valence-corrected chi connectivity index (χ3v) is 3.85. The van der Waals surface area contributed by atoms with Crippen LogP contribution in [0.15, 0.2) is 42.6 Å². The zero-order chi connectivity index (χ0) is 19.8. The molecular formula is C20H26N4O3. The van der Waals surface area contributed by atoms with E-state index >= 15 is 0 Å². The van der Waals surface area contributed by atoms with Crippen molar-refractivity contribution in [1.29, 1.82) is 0 Å². The molecule has 2 aromatic rings. The predicted octanol–water partition coefficient (Wildman–Crippen LogP) is 2.82. The molecule has 144 valence electrons. The number of nitrogens with one attached hydrogen (secondary N) is 2. The summed E-state index contributed by atoms with van der Waals surface area (Å²) < 4.78 is 5.34. The number of amides is 2. The van der Waals surface area contributed by atoms with Gasteiger partial charge in [0.25, 0.3) is 5.91 Å². The highest BCUT2D eigenvalue weighted by Crippen LogP contribution is 2.28. The van der Waals surface area contributed by atoms with Crippen LogP contribution in [0, 0.1) is 0 Å². The van der Waals surface area contributed by atoms with E-state index in [1.54, 1.807) is 25.4 Å². The molecule has 0 unspecified atom stereocenters. The van der Waals surface area contributed by atoms with Crippen molar-refractivity contribution in [2.45, 2.75) is 26.8 Å². The Labute approximate surface area is 159 Å². The first-order valence-electron chi connectivity index (χ1n) is 8.90. The molecule has 2 rings (SSSR count). The standard InChI is InChI=1S/C20H26N4O3/c1-5-24(13-18(25)22-14(2)3)20(26)15-9-8-12-21-19(15)23-16-10-6-7-11-17(16)27-4/h6-12,14H,5,13H2,1-4H3,(H,21,23)(H,22,25). The van der Waals surface area contributed by atoms with E-state index in [9.17, 15) is 9.59 Å². The van der Waals surface area contributed by atoms with Crippen LogP contribution < -0.4 is 15.4 Å². The molecule has 1 aromatic carbocycles. The summed E-state index contributed by atoms with van der Waals surface area (Å²) in [6.45, 7) is 6.01. The van der Waals surface area contributed by atoms with Crippen LogP contribution in [0.1, 0.15) is 31.1 Å². The summed E-state index contributed by atoms with van der Waals surface area (Å²) in [6.07, 6.45) is 1.61. The number of nitrogens with zero attached hydrogens (tertiary/aromatic N) is 2. The van der Waals surface area contributed by atoms with Gasteiger partial charge >= 0.3 is 0 Å². The summed E-state index contributed by atoms with van der Waals surface area (Å²) >= 11 is 0. The van der Waals surface area contributed by atoms with E-state index < -0.39 is 0 Å². The molecule has 0 fully saturated rings. The Morgan fingerprint density at radius 2 is 1.93 bits per heavy atom. The molecule has 1 aromatic heterocycles. The summed E-state index contributed by atoms with van der Waals surface area (Å²) in [6, 6.07) is 10.8. The number of methoxy groups -OCH3 is 1. The quantitative estimate of drug-likeness (QED) is 0.747. The summed E-state index contributed by atoms with van der Waals surface area (Å²) in [5.74, 6) is 0.602. The number of carbonyl (C=O) groups excluding carboxylic acids is 2. The van der Waals surface area contributed by atoms with E-state index in [4.69, 9.17) is 4.74 Å². The van der Waals surface area contributed by atoms with Crippen molar-refractivity contribution in [3.63, 3.8) is 0 Å². The predicted molar refractivity (Wildman–Crippen MR) is 105 cm³/mol. The smallest absolute Gasteiger partial charge is 0.258 e. The highest BCUT2D eigenvalue weighted by Gasteiger charge is 2.21. The summed E-state index contributed by atoms with van der Waals surface area (Å²) in [4.78, 5) is 30.9. The topological polar surface area (TPSA) is 83.6 Å². The van der Waals surface area contributed by atoms with Crippen molar-refractivity contribution in [2.24, 2.45) is 0 Å². The number of ether oxygens (including phenoxy) is 1. The largest absolute Gasteiger partial charge is 0.495 e. The molecule has 27 heavy (non-hydrogen) atoms. The summed E-state index contributed by atoms with van der Waals surface area (Å²) in [5.41, 5.74) is 1.09. The van der Waals surface area contributed by atoms with Gasteiger partial charge in [-0.2, -0.15) is 0 Å². The number of carbonyl (C=O) groups is 2. The van der Waals surface area contributed by atoms with Gasteiger partial charge in [0.2, 0.25) is 5.91 Å². The molecule has 0 aliphatic carbocycles. The zero-order valence-electron chi connectivity index (χ0n) is 16.2. The fourth-order valence-electron chi connectivity index (χ4n) is 2.59. The molecule has 0 saturated heterocycles. The van der Waals surface area contributed by atoms with E-state index in [1.165, 1.54) is 4.90 Å². The Morgan fingerprint density at radius 3 is 2.59 bits per heavy atom. The van der Waals surface area contributed by atoms with E-state index in [0.29, 0.717) is 29.4 Å². The highest BCUT2D eigenvalue weighted by atomic mass is 16.5. The third-order valence-electron chi connectivity index (χ3n) is 3.85. The molecule has 0 atom stereocenters. The minimum absolute atomic E-state index is 0.00347. The number of hydrogen-bond acceptors (Lipinski definition) is 5. The van der Waals surface area contributed by atoms with Gasteiger partial charge in [-0.1, -0.05) is 12.1 Å². The Bertz CT molecular complexity index is 792. The fourth-order valence-corrected chi connectivity index (χ4v) is 2.59. The molecular weight excluding hydrogens is 344 g/mol. The maximum atomic E-state index is 13.0. The fraction of sp³-hybridized carbons (Fsp3) is 0.350. The van der Waals surface area contributed by atoms with Gasteiger partial charge in [-0.25, -0.2) is 4.98 Å². The Balaban J connectivity index is 2.25. The SMILES string of the molecule is CCN(CC(=O)NC(C)C)C(=O)c1cccnc1Nc1ccccc1OC. The van der Waals surface area contributed by atoms with Crippen molar-refractivity contribution < 1.29 is 14.3 Å². The van der Waals surface area contributed by atoms with Crippen molar-refractivity contribution in [3.8, 4) is 5.75 Å². The van der Waals surface area contributed by atoms with Gasteiger partial charge in [0, 0.05) is 18.8 Å². The van der Waals surface area contributed by atoms with Crippen LogP contribution in [0.2, 0.25) is 0 Å². The Morgan fingerprint density at radius 1 is 1.19 bits per heavy atom. The zero-order valence-corrected chi connectivity index (χ0v) is 16.2. The van der Waals surface area contributed by atoms with Crippen LogP contribution in [-0.4, -0.2) is 47.9 Å². The molecule has 7 nitrogen and oxygen atoms in total. The number of hydrogen-bond donors (Lipinski definition) is 2. The lowest BCUT2D eigenvalue weighted by molar-refractivity contribution is -0.122. The second kappa shape index (κ2) is 9.56. The van der Waals surface area contributed by atoms with Crippen molar-refractivity contribution >= 4 is 23.3 Å². The van der Waals surface area contributed by atoms with Gasteiger partial charge in [-0.15, -0.1) is 0 Å². The Kier molecular flexibility index (Phi) is 7.16. The van der Waals surface area contributed by atoms with Gasteiger partial charge in [0.05, 0.1) is 24.9 Å². The summed E-state index contributed by atoms with van der Waals surface area (Å²) in [7, 11) is 1.58. The Hall–Kier alpha value is -3.09. The van der Waals surface area contributed by atoms with Crippen LogP contribution in [0.3, 0.4) is 0 Å². The maximum absolute atomic E-state index is 13.0. The molecule has 2 amide bonds. The van der Waals surface area contributed by atoms with Gasteiger partial charge in [0.1, 0.15) is 11.6 Å². The second-order valence-corrected chi connectivity index (χ2v) is 6.27. The second-order valence-electron chi connectivity index (χ2n) is 6.27. The van der Waals surface area contributed by atoms with E-state index in [0.717, 1.165) is 0 Å². The first-order chi connectivity index (χ1) is 13.0. The van der Waals surface area contributed by atoms with Crippen LogP contribution in [0.5, 0.6) is 5.75 Å². The average Bonchev–Trinajstić information content (AvgIpc) is 2.66.